The van der Waals surface area contributed by atoms with E-state index in [1.165, 1.54) is 0 Å². The Hall–Kier alpha value is -2.71. The lowest BCUT2D eigenvalue weighted by atomic mass is 9.82. The van der Waals surface area contributed by atoms with E-state index in [1.807, 2.05) is 6.07 Å². The van der Waals surface area contributed by atoms with E-state index in [1.54, 1.807) is 54.6 Å². The number of amides is 2. The summed E-state index contributed by atoms with van der Waals surface area (Å²) < 4.78 is 27.3. The molecule has 2 aromatic rings. The number of hydrogen-bond acceptors (Lipinski definition) is 4. The van der Waals surface area contributed by atoms with E-state index >= 15 is 0 Å². The van der Waals surface area contributed by atoms with Gasteiger partial charge in [0, 0.05) is 18.0 Å². The summed E-state index contributed by atoms with van der Waals surface area (Å²) in [6.07, 6.45) is 2.82. The number of hydrazine groups is 1. The summed E-state index contributed by atoms with van der Waals surface area (Å²) in [4.78, 5) is 24.5. The number of hydrogen-bond donors (Lipinski definition) is 3. The zero-order valence-corrected chi connectivity index (χ0v) is 16.8. The second-order valence-corrected chi connectivity index (χ2v) is 8.96. The molecule has 1 fully saturated rings. The quantitative estimate of drug-likeness (QED) is 0.629. The molecule has 3 N–H and O–H groups in total. The van der Waals surface area contributed by atoms with Gasteiger partial charge in [0.1, 0.15) is 0 Å². The van der Waals surface area contributed by atoms with Crippen LogP contribution in [-0.4, -0.2) is 26.8 Å². The lowest BCUT2D eigenvalue weighted by Gasteiger charge is -2.27. The minimum Gasteiger partial charge on any atom is -0.273 e. The molecule has 0 aromatic heterocycles. The van der Waals surface area contributed by atoms with Gasteiger partial charge in [-0.25, -0.2) is 13.1 Å². The van der Waals surface area contributed by atoms with Crippen molar-refractivity contribution in [3.63, 3.8) is 0 Å². The molecule has 1 aliphatic carbocycles. The highest BCUT2D eigenvalue weighted by Gasteiger charge is 2.27. The van der Waals surface area contributed by atoms with E-state index in [-0.39, 0.29) is 28.5 Å². The molecule has 29 heavy (non-hydrogen) atoms. The van der Waals surface area contributed by atoms with Crippen LogP contribution in [0.1, 0.15) is 36.0 Å². The van der Waals surface area contributed by atoms with Gasteiger partial charge in [-0.2, -0.15) is 0 Å². The molecule has 1 aliphatic rings. The number of carbonyl (C=O) groups excluding carboxylic acids is 2. The third-order valence-electron chi connectivity index (χ3n) is 5.17. The van der Waals surface area contributed by atoms with Crippen LogP contribution in [0.25, 0.3) is 0 Å². The topological polar surface area (TPSA) is 104 Å². The van der Waals surface area contributed by atoms with Crippen molar-refractivity contribution in [3.8, 4) is 0 Å². The molecule has 1 saturated carbocycles. The lowest BCUT2D eigenvalue weighted by molar-refractivity contribution is -0.127. The molecule has 0 aliphatic heterocycles. The highest BCUT2D eigenvalue weighted by atomic mass is 32.2. The molecule has 0 unspecified atom stereocenters. The maximum atomic E-state index is 12.3. The van der Waals surface area contributed by atoms with Crippen molar-refractivity contribution in [1.82, 2.24) is 15.6 Å². The first-order chi connectivity index (χ1) is 14.0. The Morgan fingerprint density at radius 1 is 0.828 bits per heavy atom. The van der Waals surface area contributed by atoms with E-state index in [0.717, 1.165) is 12.8 Å². The summed E-state index contributed by atoms with van der Waals surface area (Å²) in [6.45, 7) is 0.357. The van der Waals surface area contributed by atoms with Crippen molar-refractivity contribution < 1.29 is 18.0 Å². The van der Waals surface area contributed by atoms with E-state index in [2.05, 4.69) is 15.6 Å². The van der Waals surface area contributed by atoms with E-state index in [0.29, 0.717) is 24.9 Å². The summed E-state index contributed by atoms with van der Waals surface area (Å²) in [5, 5.41) is 0. The van der Waals surface area contributed by atoms with Crippen molar-refractivity contribution in [3.05, 3.63) is 66.2 Å². The summed E-state index contributed by atoms with van der Waals surface area (Å²) in [5.74, 6) is -0.565. The largest absolute Gasteiger partial charge is 0.273 e. The first-order valence-electron chi connectivity index (χ1n) is 9.65. The molecule has 3 rings (SSSR count). The molecule has 154 valence electrons. The smallest absolute Gasteiger partial charge is 0.269 e. The highest BCUT2D eigenvalue weighted by Crippen LogP contribution is 2.28. The third-order valence-corrected chi connectivity index (χ3v) is 6.61. The van der Waals surface area contributed by atoms with E-state index in [9.17, 15) is 18.0 Å². The minimum atomic E-state index is -3.51. The van der Waals surface area contributed by atoms with Crippen LogP contribution in [-0.2, 0) is 14.8 Å². The molecule has 0 atom stereocenters. The fourth-order valence-electron chi connectivity index (χ4n) is 3.42. The maximum absolute atomic E-state index is 12.3. The van der Waals surface area contributed by atoms with Crippen LogP contribution in [0.2, 0.25) is 0 Å². The molecule has 7 nitrogen and oxygen atoms in total. The Labute approximate surface area is 170 Å². The predicted molar refractivity (Wildman–Crippen MR) is 109 cm³/mol. The van der Waals surface area contributed by atoms with Gasteiger partial charge in [0.2, 0.25) is 15.9 Å². The Bertz CT molecular complexity index is 925. The minimum absolute atomic E-state index is 0.187. The predicted octanol–water partition coefficient (Wildman–Crippen LogP) is 2.23. The second-order valence-electron chi connectivity index (χ2n) is 7.19. The summed E-state index contributed by atoms with van der Waals surface area (Å²) >= 11 is 0. The average Bonchev–Trinajstić information content (AvgIpc) is 2.77. The molecular weight excluding hydrogens is 390 g/mol. The molecular formula is C21H25N3O4S. The third kappa shape index (κ3) is 5.88. The Morgan fingerprint density at radius 3 is 2.03 bits per heavy atom. The van der Waals surface area contributed by atoms with Gasteiger partial charge >= 0.3 is 0 Å². The molecule has 0 saturated heterocycles. The van der Waals surface area contributed by atoms with Crippen molar-refractivity contribution in [2.45, 2.75) is 30.6 Å². The van der Waals surface area contributed by atoms with Crippen LogP contribution in [0.4, 0.5) is 0 Å². The molecule has 8 heteroatoms. The SMILES string of the molecule is O=C(NNC(=O)C1CCC(CNS(=O)(=O)c2ccccc2)CC1)c1ccccc1. The van der Waals surface area contributed by atoms with E-state index < -0.39 is 10.0 Å². The molecule has 0 heterocycles. The maximum Gasteiger partial charge on any atom is 0.269 e. The van der Waals surface area contributed by atoms with Gasteiger partial charge in [0.05, 0.1) is 4.90 Å². The first kappa shape index (κ1) is 21.0. The van der Waals surface area contributed by atoms with Gasteiger partial charge in [0.15, 0.2) is 0 Å². The van der Waals surface area contributed by atoms with Crippen molar-refractivity contribution in [1.29, 1.82) is 0 Å². The van der Waals surface area contributed by atoms with Crippen molar-refractivity contribution in [2.24, 2.45) is 11.8 Å². The van der Waals surface area contributed by atoms with Gasteiger partial charge in [-0.15, -0.1) is 0 Å². The monoisotopic (exact) mass is 415 g/mol. The normalized spacial score (nSPS) is 19.3. The average molecular weight is 416 g/mol. The number of carbonyl (C=O) groups is 2. The van der Waals surface area contributed by atoms with Crippen LogP contribution in [0, 0.1) is 11.8 Å². The molecule has 2 aromatic carbocycles. The fourth-order valence-corrected chi connectivity index (χ4v) is 4.56. The van der Waals surface area contributed by atoms with Gasteiger partial charge in [-0.1, -0.05) is 36.4 Å². The zero-order valence-electron chi connectivity index (χ0n) is 16.0. The summed E-state index contributed by atoms with van der Waals surface area (Å²) in [5.41, 5.74) is 5.41. The second kappa shape index (κ2) is 9.67. The highest BCUT2D eigenvalue weighted by molar-refractivity contribution is 7.89. The number of sulfonamides is 1. The Morgan fingerprint density at radius 2 is 1.41 bits per heavy atom. The number of benzene rings is 2. The molecule has 0 spiro atoms. The zero-order chi connectivity index (χ0) is 20.7. The van der Waals surface area contributed by atoms with Crippen LogP contribution < -0.4 is 15.6 Å². The van der Waals surface area contributed by atoms with Crippen molar-refractivity contribution in [2.75, 3.05) is 6.54 Å². The van der Waals surface area contributed by atoms with Gasteiger partial charge in [-0.3, -0.25) is 20.4 Å². The van der Waals surface area contributed by atoms with Gasteiger partial charge in [0.25, 0.3) is 5.91 Å². The van der Waals surface area contributed by atoms with Crippen LogP contribution in [0.5, 0.6) is 0 Å². The number of rotatable bonds is 6. The fraction of sp³-hybridized carbons (Fsp3) is 0.333. The standard InChI is InChI=1S/C21H25N3O4S/c25-20(17-7-3-1-4-8-17)23-24-21(26)18-13-11-16(12-14-18)15-22-29(27,28)19-9-5-2-6-10-19/h1-10,16,18,22H,11-15H2,(H,23,25)(H,24,26). The summed E-state index contributed by atoms with van der Waals surface area (Å²) in [6, 6.07) is 16.9. The van der Waals surface area contributed by atoms with Crippen LogP contribution in [0.3, 0.4) is 0 Å². The molecule has 0 radical (unpaired) electrons. The van der Waals surface area contributed by atoms with Gasteiger partial charge in [-0.05, 0) is 55.9 Å². The first-order valence-corrected chi connectivity index (χ1v) is 11.1. The van der Waals surface area contributed by atoms with Crippen LogP contribution in [0.15, 0.2) is 65.6 Å². The lowest BCUT2D eigenvalue weighted by Crippen LogP contribution is -2.45. The molecule has 0 bridgehead atoms. The van der Waals surface area contributed by atoms with Crippen LogP contribution >= 0.6 is 0 Å². The Kier molecular flexibility index (Phi) is 7.00. The van der Waals surface area contributed by atoms with E-state index in [4.69, 9.17) is 0 Å². The van der Waals surface area contributed by atoms with Crippen molar-refractivity contribution >= 4 is 21.8 Å². The summed E-state index contributed by atoms with van der Waals surface area (Å²) in [7, 11) is -3.51. The number of nitrogens with one attached hydrogen (secondary N) is 3. The molecule has 2 amide bonds. The Balaban J connectivity index is 1.41. The van der Waals surface area contributed by atoms with Gasteiger partial charge < -0.3 is 0 Å².